The zero-order chi connectivity index (χ0) is 27.3. The van der Waals surface area contributed by atoms with Crippen molar-refractivity contribution in [1.29, 1.82) is 0 Å². The zero-order valence-corrected chi connectivity index (χ0v) is 21.9. The Morgan fingerprint density at radius 1 is 1.10 bits per heavy atom. The van der Waals surface area contributed by atoms with Gasteiger partial charge in [0, 0.05) is 36.4 Å². The number of carbonyl (C=O) groups is 1. The van der Waals surface area contributed by atoms with Gasteiger partial charge in [-0.05, 0) is 75.9 Å². The number of hydrogen-bond acceptors (Lipinski definition) is 6. The Bertz CT molecular complexity index is 1220. The number of likely N-dealkylation sites (tertiary alicyclic amines) is 1. The number of benzene rings is 1. The van der Waals surface area contributed by atoms with E-state index in [1.54, 1.807) is 12.0 Å². The molecule has 1 N–H and O–H groups in total. The molecule has 1 aromatic heterocycles. The highest BCUT2D eigenvalue weighted by Crippen LogP contribution is 2.44. The maximum atomic E-state index is 14.2. The van der Waals surface area contributed by atoms with E-state index in [4.69, 9.17) is 4.74 Å². The second-order valence-electron chi connectivity index (χ2n) is 11.2. The van der Waals surface area contributed by atoms with Crippen LogP contribution in [-0.2, 0) is 16.1 Å². The van der Waals surface area contributed by atoms with Gasteiger partial charge in [0.25, 0.3) is 0 Å². The number of nitrogens with zero attached hydrogens (tertiary/aromatic N) is 4. The number of carbonyl (C=O) groups excluding carboxylic acids is 1. The molecule has 39 heavy (non-hydrogen) atoms. The minimum absolute atomic E-state index is 0.129. The van der Waals surface area contributed by atoms with Crippen LogP contribution in [0.1, 0.15) is 44.1 Å². The lowest BCUT2D eigenvalue weighted by molar-refractivity contribution is -0.149. The Labute approximate surface area is 225 Å². The molecule has 2 bridgehead atoms. The number of alkyl halides is 3. The number of methoxy groups -OCH3 is 1. The first-order valence-corrected chi connectivity index (χ1v) is 13.7. The van der Waals surface area contributed by atoms with E-state index in [1.165, 1.54) is 11.0 Å². The number of ether oxygens (including phenoxy) is 1. The summed E-state index contributed by atoms with van der Waals surface area (Å²) in [6.45, 7) is -0.420. The number of halogens is 4. The van der Waals surface area contributed by atoms with Crippen LogP contribution in [0, 0.1) is 11.7 Å². The van der Waals surface area contributed by atoms with Crippen LogP contribution in [0.15, 0.2) is 30.5 Å². The van der Waals surface area contributed by atoms with Crippen LogP contribution in [0.5, 0.6) is 0 Å². The standard InChI is InChI=1S/C28H33F4N5O2/c1-39-23-11-20-2-3-21(12-23)37(20)22-4-5-24-25(13-22)36(15-18-10-19(29)14-33-26(18)34-24)27(38)17-6-8-35(9-7-17)16-28(30,31)32/h4-5,10,13-14,17,20-21,23H,2-3,6-9,11-12,15-16H2,1H3,(H,33,34)/t20-,21+,23+. The smallest absolute Gasteiger partial charge is 0.381 e. The third kappa shape index (κ3) is 5.30. The molecule has 210 valence electrons. The Balaban J connectivity index is 1.30. The van der Waals surface area contributed by atoms with Crippen molar-refractivity contribution in [2.24, 2.45) is 5.92 Å². The fourth-order valence-electron chi connectivity index (χ4n) is 6.86. The largest absolute Gasteiger partial charge is 0.401 e. The molecular formula is C28H33F4N5O2. The summed E-state index contributed by atoms with van der Waals surface area (Å²) in [7, 11) is 1.76. The van der Waals surface area contributed by atoms with E-state index in [0.717, 1.165) is 37.6 Å². The molecule has 11 heteroatoms. The molecule has 4 aliphatic rings. The number of pyridine rings is 1. The average molecular weight is 548 g/mol. The Kier molecular flexibility index (Phi) is 6.91. The van der Waals surface area contributed by atoms with Gasteiger partial charge < -0.3 is 19.9 Å². The van der Waals surface area contributed by atoms with Crippen molar-refractivity contribution in [2.75, 3.05) is 41.9 Å². The number of aromatic nitrogens is 1. The van der Waals surface area contributed by atoms with Gasteiger partial charge in [0.2, 0.25) is 5.91 Å². The lowest BCUT2D eigenvalue weighted by Crippen LogP contribution is -2.46. The summed E-state index contributed by atoms with van der Waals surface area (Å²) in [6, 6.07) is 8.13. The Hall–Kier alpha value is -2.92. The van der Waals surface area contributed by atoms with E-state index in [0.29, 0.717) is 47.7 Å². The van der Waals surface area contributed by atoms with Gasteiger partial charge in [-0.2, -0.15) is 13.2 Å². The Morgan fingerprint density at radius 3 is 2.49 bits per heavy atom. The first-order valence-electron chi connectivity index (χ1n) is 13.7. The molecule has 0 spiro atoms. The van der Waals surface area contributed by atoms with Gasteiger partial charge in [-0.1, -0.05) is 0 Å². The van der Waals surface area contributed by atoms with Crippen LogP contribution < -0.4 is 15.1 Å². The Morgan fingerprint density at radius 2 is 1.82 bits per heavy atom. The minimum Gasteiger partial charge on any atom is -0.381 e. The van der Waals surface area contributed by atoms with Gasteiger partial charge in [0.1, 0.15) is 11.6 Å². The van der Waals surface area contributed by atoms with Gasteiger partial charge in [0.05, 0.1) is 36.8 Å². The number of fused-ring (bicyclic) bond motifs is 4. The summed E-state index contributed by atoms with van der Waals surface area (Å²) in [5.74, 6) is -0.572. The van der Waals surface area contributed by atoms with Crippen LogP contribution in [0.3, 0.4) is 0 Å². The lowest BCUT2D eigenvalue weighted by atomic mass is 9.94. The molecule has 1 aromatic carbocycles. The van der Waals surface area contributed by atoms with Gasteiger partial charge in [-0.15, -0.1) is 0 Å². The summed E-state index contributed by atoms with van der Waals surface area (Å²) in [4.78, 5) is 23.7. The fraction of sp³-hybridized carbons (Fsp3) is 0.571. The number of hydrogen-bond donors (Lipinski definition) is 1. The molecule has 0 unspecified atom stereocenters. The molecule has 1 amide bonds. The van der Waals surface area contributed by atoms with Crippen LogP contribution in [0.4, 0.5) is 40.4 Å². The van der Waals surface area contributed by atoms with Crippen LogP contribution in [-0.4, -0.2) is 66.9 Å². The van der Waals surface area contributed by atoms with Crippen molar-refractivity contribution in [1.82, 2.24) is 9.88 Å². The quantitative estimate of drug-likeness (QED) is 0.529. The molecule has 3 atom stereocenters. The van der Waals surface area contributed by atoms with Crippen LogP contribution in [0.25, 0.3) is 0 Å². The van der Waals surface area contributed by atoms with Crippen LogP contribution in [0.2, 0.25) is 0 Å². The summed E-state index contributed by atoms with van der Waals surface area (Å²) >= 11 is 0. The van der Waals surface area contributed by atoms with Gasteiger partial charge >= 0.3 is 6.18 Å². The number of amides is 1. The maximum Gasteiger partial charge on any atom is 0.401 e. The van der Waals surface area contributed by atoms with E-state index in [1.807, 2.05) is 12.1 Å². The predicted molar refractivity (Wildman–Crippen MR) is 140 cm³/mol. The summed E-state index contributed by atoms with van der Waals surface area (Å²) in [6.07, 6.45) is 1.91. The number of rotatable bonds is 4. The molecule has 2 aromatic rings. The SMILES string of the molecule is CO[C@H]1C[C@H]2CC[C@@H](C1)N2c1ccc2c(c1)N(C(=O)C1CCN(CC(F)(F)F)CC1)Cc1cc(F)cnc1N2. The first kappa shape index (κ1) is 26.3. The molecule has 6 rings (SSSR count). The predicted octanol–water partition coefficient (Wildman–Crippen LogP) is 5.23. The first-order chi connectivity index (χ1) is 18.7. The average Bonchev–Trinajstić information content (AvgIpc) is 3.07. The van der Waals surface area contributed by atoms with Crippen LogP contribution >= 0.6 is 0 Å². The normalized spacial score (nSPS) is 25.6. The lowest BCUT2D eigenvalue weighted by Gasteiger charge is -2.40. The van der Waals surface area contributed by atoms with Crippen molar-refractivity contribution in [3.63, 3.8) is 0 Å². The second kappa shape index (κ2) is 10.2. The van der Waals surface area contributed by atoms with Crippen molar-refractivity contribution < 1.29 is 27.1 Å². The fourth-order valence-corrected chi connectivity index (χ4v) is 6.86. The molecular weight excluding hydrogens is 514 g/mol. The van der Waals surface area contributed by atoms with E-state index >= 15 is 0 Å². The summed E-state index contributed by atoms with van der Waals surface area (Å²) < 4.78 is 58.5. The highest BCUT2D eigenvalue weighted by Gasteiger charge is 2.42. The highest BCUT2D eigenvalue weighted by molar-refractivity contribution is 6.00. The highest BCUT2D eigenvalue weighted by atomic mass is 19.4. The summed E-state index contributed by atoms with van der Waals surface area (Å²) in [5, 5.41) is 3.29. The number of piperidine rings is 2. The minimum atomic E-state index is -4.26. The number of anilines is 4. The van der Waals surface area contributed by atoms with Gasteiger partial charge in [0.15, 0.2) is 0 Å². The second-order valence-corrected chi connectivity index (χ2v) is 11.2. The molecule has 0 saturated carbocycles. The number of nitrogens with one attached hydrogen (secondary N) is 1. The zero-order valence-electron chi connectivity index (χ0n) is 21.9. The maximum absolute atomic E-state index is 14.2. The molecule has 4 aliphatic heterocycles. The third-order valence-corrected chi connectivity index (χ3v) is 8.71. The molecule has 7 nitrogen and oxygen atoms in total. The van der Waals surface area contributed by atoms with E-state index in [9.17, 15) is 22.4 Å². The van der Waals surface area contributed by atoms with E-state index in [2.05, 4.69) is 21.3 Å². The van der Waals surface area contributed by atoms with Crippen molar-refractivity contribution in [2.45, 2.75) is 69.4 Å². The topological polar surface area (TPSA) is 60.9 Å². The van der Waals surface area contributed by atoms with E-state index in [-0.39, 0.29) is 31.6 Å². The summed E-state index contributed by atoms with van der Waals surface area (Å²) in [5.41, 5.74) is 2.96. The third-order valence-electron chi connectivity index (χ3n) is 8.71. The van der Waals surface area contributed by atoms with E-state index < -0.39 is 24.5 Å². The van der Waals surface area contributed by atoms with Gasteiger partial charge in [-0.25, -0.2) is 9.37 Å². The molecule has 0 radical (unpaired) electrons. The monoisotopic (exact) mass is 547 g/mol. The van der Waals surface area contributed by atoms with Crippen molar-refractivity contribution >= 4 is 28.8 Å². The van der Waals surface area contributed by atoms with Gasteiger partial charge in [-0.3, -0.25) is 9.69 Å². The van der Waals surface area contributed by atoms with Crippen molar-refractivity contribution in [3.8, 4) is 0 Å². The molecule has 5 heterocycles. The molecule has 3 fully saturated rings. The van der Waals surface area contributed by atoms with Crippen molar-refractivity contribution in [3.05, 3.63) is 41.8 Å². The molecule has 3 saturated heterocycles. The molecule has 0 aliphatic carbocycles.